The van der Waals surface area contributed by atoms with Gasteiger partial charge in [0.15, 0.2) is 0 Å². The van der Waals surface area contributed by atoms with Gasteiger partial charge in [0, 0.05) is 16.1 Å². The molecule has 0 radical (unpaired) electrons. The zero-order valence-corrected chi connectivity index (χ0v) is 12.7. The lowest BCUT2D eigenvalue weighted by atomic mass is 9.92. The lowest BCUT2D eigenvalue weighted by Crippen LogP contribution is -2.37. The molecule has 4 N–H and O–H groups in total. The second kappa shape index (κ2) is 6.59. The fraction of sp³-hybridized carbons (Fsp3) is 0.500. The van der Waals surface area contributed by atoms with E-state index in [2.05, 4.69) is 5.32 Å². The van der Waals surface area contributed by atoms with Gasteiger partial charge in [0.25, 0.3) is 0 Å². The minimum atomic E-state index is -0.286. The third-order valence-electron chi connectivity index (χ3n) is 3.56. The molecule has 0 aromatic heterocycles. The third-order valence-corrected chi connectivity index (χ3v) is 4.55. The van der Waals surface area contributed by atoms with Gasteiger partial charge >= 0.3 is 0 Å². The highest BCUT2D eigenvalue weighted by molar-refractivity contribution is 7.98. The number of nitrogens with two attached hydrogens (primary N) is 1. The Labute approximate surface area is 124 Å². The first-order valence-corrected chi connectivity index (χ1v) is 8.18. The van der Waals surface area contributed by atoms with Crippen LogP contribution in [0.1, 0.15) is 31.2 Å². The summed E-state index contributed by atoms with van der Waals surface area (Å²) in [6.45, 7) is 0. The molecule has 0 spiro atoms. The quantitative estimate of drug-likeness (QED) is 0.589. The molecule has 1 fully saturated rings. The third kappa shape index (κ3) is 3.41. The van der Waals surface area contributed by atoms with Crippen LogP contribution < -0.4 is 11.1 Å². The van der Waals surface area contributed by atoms with Crippen molar-refractivity contribution in [2.75, 3.05) is 11.6 Å². The van der Waals surface area contributed by atoms with Gasteiger partial charge in [-0.05, 0) is 31.2 Å². The van der Waals surface area contributed by atoms with Crippen molar-refractivity contribution in [1.82, 2.24) is 0 Å². The van der Waals surface area contributed by atoms with Crippen LogP contribution in [0.15, 0.2) is 23.1 Å². The van der Waals surface area contributed by atoms with E-state index in [-0.39, 0.29) is 12.1 Å². The highest BCUT2D eigenvalue weighted by atomic mass is 32.2. The zero-order valence-electron chi connectivity index (χ0n) is 11.1. The van der Waals surface area contributed by atoms with Gasteiger partial charge in [-0.3, -0.25) is 0 Å². The van der Waals surface area contributed by atoms with Gasteiger partial charge in [-0.15, -0.1) is 11.8 Å². The van der Waals surface area contributed by atoms with E-state index in [9.17, 15) is 5.11 Å². The summed E-state index contributed by atoms with van der Waals surface area (Å²) >= 11 is 6.79. The first-order chi connectivity index (χ1) is 9.13. The highest BCUT2D eigenvalue weighted by Crippen LogP contribution is 2.29. The molecule has 1 aromatic carbocycles. The molecule has 2 unspecified atom stereocenters. The minimum absolute atomic E-state index is 0.0963. The van der Waals surface area contributed by atoms with Gasteiger partial charge in [0.2, 0.25) is 0 Å². The maximum absolute atomic E-state index is 10.1. The number of hydrogen-bond acceptors (Lipinski definition) is 4. The van der Waals surface area contributed by atoms with E-state index in [1.807, 2.05) is 24.5 Å². The summed E-state index contributed by atoms with van der Waals surface area (Å²) in [6.07, 6.45) is 5.83. The molecule has 0 bridgehead atoms. The predicted octanol–water partition coefficient (Wildman–Crippen LogP) is 2.76. The minimum Gasteiger partial charge on any atom is -0.391 e. The maximum Gasteiger partial charge on any atom is 0.107 e. The topological polar surface area (TPSA) is 58.3 Å². The van der Waals surface area contributed by atoms with E-state index >= 15 is 0 Å². The Morgan fingerprint density at radius 3 is 2.79 bits per heavy atom. The average molecular weight is 296 g/mol. The summed E-state index contributed by atoms with van der Waals surface area (Å²) in [6, 6.07) is 6.08. The molecule has 5 heteroatoms. The monoisotopic (exact) mass is 296 g/mol. The van der Waals surface area contributed by atoms with Crippen molar-refractivity contribution in [3.8, 4) is 0 Å². The standard InChI is InChI=1S/C14H20N2OS2/c1-19-12-8-4-6-10(13(12)14(15)18)16-9-5-2-3-7-11(9)17/h4,6,8-9,11,16-17H,2-3,5,7H2,1H3,(H2,15,18). The van der Waals surface area contributed by atoms with Crippen molar-refractivity contribution < 1.29 is 5.11 Å². The van der Waals surface area contributed by atoms with Crippen molar-refractivity contribution in [2.45, 2.75) is 42.7 Å². The molecule has 0 saturated heterocycles. The molecule has 0 amide bonds. The predicted molar refractivity (Wildman–Crippen MR) is 86.0 cm³/mol. The van der Waals surface area contributed by atoms with E-state index in [1.54, 1.807) is 11.8 Å². The molecule has 104 valence electrons. The first-order valence-electron chi connectivity index (χ1n) is 6.55. The Kier molecular flexibility index (Phi) is 5.07. The van der Waals surface area contributed by atoms with E-state index in [1.165, 1.54) is 0 Å². The molecule has 1 aliphatic rings. The fourth-order valence-electron chi connectivity index (χ4n) is 2.56. The van der Waals surface area contributed by atoms with E-state index < -0.39 is 0 Å². The molecule has 1 aromatic rings. The molecule has 2 rings (SSSR count). The number of hydrogen-bond donors (Lipinski definition) is 3. The Hall–Kier alpha value is -0.780. The number of aliphatic hydroxyl groups is 1. The number of thioether (sulfide) groups is 1. The first kappa shape index (κ1) is 14.6. The molecule has 1 aliphatic carbocycles. The molecule has 19 heavy (non-hydrogen) atoms. The maximum atomic E-state index is 10.1. The van der Waals surface area contributed by atoms with E-state index in [4.69, 9.17) is 18.0 Å². The SMILES string of the molecule is CSc1cccc(NC2CCCCC2O)c1C(N)=S. The van der Waals surface area contributed by atoms with E-state index in [0.29, 0.717) is 4.99 Å². The lowest BCUT2D eigenvalue weighted by molar-refractivity contribution is 0.116. The summed E-state index contributed by atoms with van der Waals surface area (Å²) in [5, 5.41) is 13.5. The van der Waals surface area contributed by atoms with Gasteiger partial charge < -0.3 is 16.2 Å². The summed E-state index contributed by atoms with van der Waals surface area (Å²) < 4.78 is 0. The van der Waals surface area contributed by atoms with Crippen LogP contribution >= 0.6 is 24.0 Å². The van der Waals surface area contributed by atoms with Gasteiger partial charge in [0.05, 0.1) is 12.1 Å². The summed E-state index contributed by atoms with van der Waals surface area (Å²) in [4.78, 5) is 1.47. The number of benzene rings is 1. The Morgan fingerprint density at radius 1 is 1.42 bits per heavy atom. The van der Waals surface area contributed by atoms with Gasteiger partial charge in [-0.2, -0.15) is 0 Å². The Morgan fingerprint density at radius 2 is 2.16 bits per heavy atom. The number of aliphatic hydroxyl groups excluding tert-OH is 1. The summed E-state index contributed by atoms with van der Waals surface area (Å²) in [5.74, 6) is 0. The number of nitrogens with one attached hydrogen (secondary N) is 1. The number of thiocarbonyl (C=S) groups is 1. The van der Waals surface area contributed by atoms with Gasteiger partial charge in [0.1, 0.15) is 4.99 Å². The molecular weight excluding hydrogens is 276 g/mol. The van der Waals surface area contributed by atoms with Crippen molar-refractivity contribution in [3.05, 3.63) is 23.8 Å². The second-order valence-electron chi connectivity index (χ2n) is 4.85. The molecule has 3 nitrogen and oxygen atoms in total. The van der Waals surface area contributed by atoms with Gasteiger partial charge in [-0.1, -0.05) is 31.1 Å². The van der Waals surface area contributed by atoms with Crippen LogP contribution in [0.4, 0.5) is 5.69 Å². The van der Waals surface area contributed by atoms with Gasteiger partial charge in [-0.25, -0.2) is 0 Å². The fourth-order valence-corrected chi connectivity index (χ4v) is 3.48. The number of rotatable bonds is 4. The molecule has 0 aliphatic heterocycles. The largest absolute Gasteiger partial charge is 0.391 e. The van der Waals surface area contributed by atoms with Crippen LogP contribution in [0.2, 0.25) is 0 Å². The van der Waals surface area contributed by atoms with Crippen LogP contribution in [-0.4, -0.2) is 28.5 Å². The lowest BCUT2D eigenvalue weighted by Gasteiger charge is -2.30. The average Bonchev–Trinajstić information content (AvgIpc) is 2.40. The van der Waals surface area contributed by atoms with Crippen molar-refractivity contribution in [2.24, 2.45) is 5.73 Å². The number of anilines is 1. The Bertz CT molecular complexity index is 465. The van der Waals surface area contributed by atoms with Crippen molar-refractivity contribution in [1.29, 1.82) is 0 Å². The smallest absolute Gasteiger partial charge is 0.107 e. The van der Waals surface area contributed by atoms with Crippen LogP contribution in [0.3, 0.4) is 0 Å². The molecule has 2 atom stereocenters. The van der Waals surface area contributed by atoms with Crippen molar-refractivity contribution >= 4 is 34.7 Å². The highest BCUT2D eigenvalue weighted by Gasteiger charge is 2.24. The molecular formula is C14H20N2OS2. The van der Waals surface area contributed by atoms with Crippen LogP contribution in [0.5, 0.6) is 0 Å². The molecule has 0 heterocycles. The normalized spacial score (nSPS) is 23.1. The van der Waals surface area contributed by atoms with Crippen LogP contribution in [0.25, 0.3) is 0 Å². The van der Waals surface area contributed by atoms with Crippen LogP contribution in [-0.2, 0) is 0 Å². The Balaban J connectivity index is 2.26. The van der Waals surface area contributed by atoms with Crippen molar-refractivity contribution in [3.63, 3.8) is 0 Å². The van der Waals surface area contributed by atoms with Crippen LogP contribution in [0, 0.1) is 0 Å². The molecule has 1 saturated carbocycles. The van der Waals surface area contributed by atoms with E-state index in [0.717, 1.165) is 41.8 Å². The summed E-state index contributed by atoms with van der Waals surface area (Å²) in [7, 11) is 0. The zero-order chi connectivity index (χ0) is 13.8. The second-order valence-corrected chi connectivity index (χ2v) is 6.14. The summed E-state index contributed by atoms with van der Waals surface area (Å²) in [5.41, 5.74) is 7.67.